The summed E-state index contributed by atoms with van der Waals surface area (Å²) in [4.78, 5) is 23.5. The lowest BCUT2D eigenvalue weighted by molar-refractivity contribution is -0.145. The fraction of sp³-hybridized carbons (Fsp3) is 0.500. The van der Waals surface area contributed by atoms with E-state index in [1.54, 1.807) is 0 Å². The Bertz CT molecular complexity index is 498. The van der Waals surface area contributed by atoms with E-state index in [4.69, 9.17) is 5.11 Å². The molecule has 0 bridgehead atoms. The van der Waals surface area contributed by atoms with Crippen molar-refractivity contribution in [2.24, 2.45) is 11.8 Å². The number of nitrogens with one attached hydrogen (secondary N) is 1. The minimum absolute atomic E-state index is 0.154. The number of rotatable bonds is 5. The number of aliphatic carboxylic acids is 1. The molecular weight excluding hydrogens is 254 g/mol. The molecule has 4 nitrogen and oxygen atoms in total. The van der Waals surface area contributed by atoms with E-state index in [0.717, 1.165) is 30.5 Å². The van der Waals surface area contributed by atoms with Crippen molar-refractivity contribution in [3.8, 4) is 0 Å². The molecule has 0 aromatic heterocycles. The molecule has 4 heteroatoms. The summed E-state index contributed by atoms with van der Waals surface area (Å²) < 4.78 is 0. The summed E-state index contributed by atoms with van der Waals surface area (Å²) in [7, 11) is 0. The van der Waals surface area contributed by atoms with Gasteiger partial charge in [-0.25, -0.2) is 0 Å². The molecule has 0 radical (unpaired) electrons. The lowest BCUT2D eigenvalue weighted by atomic mass is 9.95. The average molecular weight is 275 g/mol. The maximum atomic E-state index is 12.3. The number of carboxylic acid groups (broad SMARTS) is 1. The van der Waals surface area contributed by atoms with Gasteiger partial charge < -0.3 is 10.4 Å². The summed E-state index contributed by atoms with van der Waals surface area (Å²) in [5.41, 5.74) is 1.92. The van der Waals surface area contributed by atoms with Gasteiger partial charge in [-0.3, -0.25) is 9.59 Å². The zero-order valence-electron chi connectivity index (χ0n) is 11.8. The first-order chi connectivity index (χ1) is 9.63. The Morgan fingerprint density at radius 1 is 1.25 bits per heavy atom. The van der Waals surface area contributed by atoms with Gasteiger partial charge in [-0.2, -0.15) is 0 Å². The van der Waals surface area contributed by atoms with E-state index < -0.39 is 17.8 Å². The molecule has 1 aromatic carbocycles. The fourth-order valence-electron chi connectivity index (χ4n) is 2.92. The smallest absolute Gasteiger partial charge is 0.307 e. The molecule has 1 aromatic rings. The van der Waals surface area contributed by atoms with E-state index >= 15 is 0 Å². The van der Waals surface area contributed by atoms with E-state index in [0.29, 0.717) is 12.8 Å². The number of anilines is 1. The summed E-state index contributed by atoms with van der Waals surface area (Å²) in [6.45, 7) is 2.09. The van der Waals surface area contributed by atoms with Crippen LogP contribution in [0.5, 0.6) is 0 Å². The van der Waals surface area contributed by atoms with Gasteiger partial charge in [-0.15, -0.1) is 0 Å². The Kier molecular flexibility index (Phi) is 4.77. The van der Waals surface area contributed by atoms with Crippen LogP contribution in [0.4, 0.5) is 5.69 Å². The van der Waals surface area contributed by atoms with Crippen LogP contribution in [-0.4, -0.2) is 17.0 Å². The first kappa shape index (κ1) is 14.6. The SMILES string of the molecule is CCCc1ccccc1NC(=O)C1CCCC1C(=O)O. The Balaban J connectivity index is 2.10. The topological polar surface area (TPSA) is 66.4 Å². The number of hydrogen-bond acceptors (Lipinski definition) is 2. The molecule has 1 aliphatic carbocycles. The van der Waals surface area contributed by atoms with Gasteiger partial charge in [-0.05, 0) is 30.9 Å². The molecule has 0 aliphatic heterocycles. The third kappa shape index (κ3) is 3.18. The second-order valence-electron chi connectivity index (χ2n) is 5.38. The van der Waals surface area contributed by atoms with Gasteiger partial charge in [-0.1, -0.05) is 38.0 Å². The molecule has 2 unspecified atom stereocenters. The van der Waals surface area contributed by atoms with Crippen molar-refractivity contribution >= 4 is 17.6 Å². The van der Waals surface area contributed by atoms with Gasteiger partial charge in [0.25, 0.3) is 0 Å². The number of carbonyl (C=O) groups excluding carboxylic acids is 1. The maximum absolute atomic E-state index is 12.3. The highest BCUT2D eigenvalue weighted by Gasteiger charge is 2.37. The van der Waals surface area contributed by atoms with Crippen molar-refractivity contribution in [2.75, 3.05) is 5.32 Å². The van der Waals surface area contributed by atoms with Crippen LogP contribution < -0.4 is 5.32 Å². The van der Waals surface area contributed by atoms with Crippen molar-refractivity contribution < 1.29 is 14.7 Å². The molecule has 0 spiro atoms. The van der Waals surface area contributed by atoms with Crippen LogP contribution in [0, 0.1) is 11.8 Å². The van der Waals surface area contributed by atoms with Crippen molar-refractivity contribution in [1.82, 2.24) is 0 Å². The Hall–Kier alpha value is -1.84. The summed E-state index contributed by atoms with van der Waals surface area (Å²) >= 11 is 0. The molecule has 0 saturated heterocycles. The van der Waals surface area contributed by atoms with Crippen molar-refractivity contribution in [3.63, 3.8) is 0 Å². The van der Waals surface area contributed by atoms with Gasteiger partial charge in [0.15, 0.2) is 0 Å². The Morgan fingerprint density at radius 2 is 1.95 bits per heavy atom. The Morgan fingerprint density at radius 3 is 2.65 bits per heavy atom. The third-order valence-electron chi connectivity index (χ3n) is 3.96. The summed E-state index contributed by atoms with van der Waals surface area (Å²) in [5.74, 6) is -1.95. The van der Waals surface area contributed by atoms with Crippen LogP contribution in [0.3, 0.4) is 0 Å². The second kappa shape index (κ2) is 6.55. The first-order valence-corrected chi connectivity index (χ1v) is 7.25. The van der Waals surface area contributed by atoms with Crippen LogP contribution in [0.25, 0.3) is 0 Å². The van der Waals surface area contributed by atoms with Gasteiger partial charge >= 0.3 is 5.97 Å². The summed E-state index contributed by atoms with van der Waals surface area (Å²) in [6, 6.07) is 7.73. The molecule has 2 rings (SSSR count). The number of hydrogen-bond donors (Lipinski definition) is 2. The predicted molar refractivity (Wildman–Crippen MR) is 77.5 cm³/mol. The van der Waals surface area contributed by atoms with E-state index in [9.17, 15) is 9.59 Å². The quantitative estimate of drug-likeness (QED) is 0.867. The molecule has 0 heterocycles. The number of amides is 1. The monoisotopic (exact) mass is 275 g/mol. The molecule has 1 amide bonds. The summed E-state index contributed by atoms with van der Waals surface area (Å²) in [6.07, 6.45) is 3.99. The second-order valence-corrected chi connectivity index (χ2v) is 5.38. The van der Waals surface area contributed by atoms with E-state index in [1.165, 1.54) is 0 Å². The zero-order chi connectivity index (χ0) is 14.5. The van der Waals surface area contributed by atoms with E-state index in [-0.39, 0.29) is 5.91 Å². The molecule has 2 N–H and O–H groups in total. The molecule has 1 fully saturated rings. The predicted octanol–water partition coefficient (Wildman–Crippen LogP) is 3.08. The highest BCUT2D eigenvalue weighted by Crippen LogP contribution is 2.33. The van der Waals surface area contributed by atoms with Crippen molar-refractivity contribution in [2.45, 2.75) is 39.0 Å². The molecule has 1 aliphatic rings. The van der Waals surface area contributed by atoms with Crippen molar-refractivity contribution in [1.29, 1.82) is 0 Å². The fourth-order valence-corrected chi connectivity index (χ4v) is 2.92. The molecule has 108 valence electrons. The summed E-state index contributed by atoms with van der Waals surface area (Å²) in [5, 5.41) is 12.1. The van der Waals surface area contributed by atoms with E-state index in [2.05, 4.69) is 12.2 Å². The van der Waals surface area contributed by atoms with Crippen LogP contribution >= 0.6 is 0 Å². The molecule has 20 heavy (non-hydrogen) atoms. The number of aryl methyl sites for hydroxylation is 1. The number of carboxylic acids is 1. The lowest BCUT2D eigenvalue weighted by Crippen LogP contribution is -2.30. The number of carbonyl (C=O) groups is 2. The van der Waals surface area contributed by atoms with Gasteiger partial charge in [0, 0.05) is 5.69 Å². The lowest BCUT2D eigenvalue weighted by Gasteiger charge is -2.17. The highest BCUT2D eigenvalue weighted by atomic mass is 16.4. The highest BCUT2D eigenvalue weighted by molar-refractivity contribution is 5.96. The number of benzene rings is 1. The largest absolute Gasteiger partial charge is 0.481 e. The average Bonchev–Trinajstić information content (AvgIpc) is 2.91. The maximum Gasteiger partial charge on any atom is 0.307 e. The molecule has 2 atom stereocenters. The first-order valence-electron chi connectivity index (χ1n) is 7.25. The van der Waals surface area contributed by atoms with Crippen LogP contribution in [-0.2, 0) is 16.0 Å². The van der Waals surface area contributed by atoms with E-state index in [1.807, 2.05) is 24.3 Å². The minimum Gasteiger partial charge on any atom is -0.481 e. The van der Waals surface area contributed by atoms with Crippen LogP contribution in [0.2, 0.25) is 0 Å². The normalized spacial score (nSPS) is 21.6. The number of para-hydroxylation sites is 1. The van der Waals surface area contributed by atoms with Gasteiger partial charge in [0.05, 0.1) is 11.8 Å². The molecular formula is C16H21NO3. The van der Waals surface area contributed by atoms with Crippen LogP contribution in [0.15, 0.2) is 24.3 Å². The van der Waals surface area contributed by atoms with Crippen LogP contribution in [0.1, 0.15) is 38.2 Å². The molecule has 1 saturated carbocycles. The third-order valence-corrected chi connectivity index (χ3v) is 3.96. The van der Waals surface area contributed by atoms with Gasteiger partial charge in [0.2, 0.25) is 5.91 Å². The standard InChI is InChI=1S/C16H21NO3/c1-2-6-11-7-3-4-10-14(11)17-15(18)12-8-5-9-13(12)16(19)20/h3-4,7,10,12-13H,2,5-6,8-9H2,1H3,(H,17,18)(H,19,20). The zero-order valence-corrected chi connectivity index (χ0v) is 11.8. The minimum atomic E-state index is -0.857. The van der Waals surface area contributed by atoms with Crippen molar-refractivity contribution in [3.05, 3.63) is 29.8 Å². The van der Waals surface area contributed by atoms with Gasteiger partial charge in [0.1, 0.15) is 0 Å². The Labute approximate surface area is 119 Å².